The molecule has 20 heavy (non-hydrogen) atoms. The van der Waals surface area contributed by atoms with Gasteiger partial charge in [0.15, 0.2) is 0 Å². The molecule has 1 heterocycles. The number of nitrogens with zero attached hydrogens (tertiary/aromatic N) is 1. The van der Waals surface area contributed by atoms with Crippen molar-refractivity contribution < 1.29 is 8.42 Å². The number of sulfonamides is 1. The molecule has 1 fully saturated rings. The van der Waals surface area contributed by atoms with Crippen LogP contribution in [0, 0.1) is 19.8 Å². The minimum Gasteiger partial charge on any atom is -0.399 e. The maximum atomic E-state index is 12.8. The standard InChI is InChI=1S/C15H24N2O2S/c1-4-13-6-5-7-17(10-13)20(18,19)15-9-14(16)8-11(2)12(15)3/h8-9,13H,4-7,10,16H2,1-3H3. The highest BCUT2D eigenvalue weighted by Gasteiger charge is 2.31. The topological polar surface area (TPSA) is 63.4 Å². The quantitative estimate of drug-likeness (QED) is 0.872. The predicted molar refractivity (Wildman–Crippen MR) is 82.1 cm³/mol. The van der Waals surface area contributed by atoms with Gasteiger partial charge in [-0.05, 0) is 55.9 Å². The number of hydrogen-bond donors (Lipinski definition) is 1. The molecule has 0 amide bonds. The Kier molecular flexibility index (Phi) is 4.39. The molecule has 112 valence electrons. The van der Waals surface area contributed by atoms with Gasteiger partial charge in [-0.2, -0.15) is 4.31 Å². The average Bonchev–Trinajstić information content (AvgIpc) is 2.42. The first-order chi connectivity index (χ1) is 9.36. The first-order valence-corrected chi connectivity index (χ1v) is 8.67. The molecule has 2 N–H and O–H groups in total. The van der Waals surface area contributed by atoms with Crippen LogP contribution >= 0.6 is 0 Å². The minimum atomic E-state index is -3.43. The number of piperidine rings is 1. The van der Waals surface area contributed by atoms with Crippen LogP contribution in [0.2, 0.25) is 0 Å². The molecule has 1 aliphatic rings. The molecular weight excluding hydrogens is 272 g/mol. The molecule has 5 heteroatoms. The molecule has 0 spiro atoms. The van der Waals surface area contributed by atoms with Crippen LogP contribution in [0.25, 0.3) is 0 Å². The molecule has 1 aromatic rings. The van der Waals surface area contributed by atoms with E-state index in [1.165, 1.54) is 0 Å². The van der Waals surface area contributed by atoms with E-state index in [0.717, 1.165) is 30.4 Å². The van der Waals surface area contributed by atoms with Gasteiger partial charge in [0.1, 0.15) is 0 Å². The Balaban J connectivity index is 2.40. The van der Waals surface area contributed by atoms with Crippen molar-refractivity contribution in [1.29, 1.82) is 0 Å². The number of nitrogen functional groups attached to an aromatic ring is 1. The molecule has 4 nitrogen and oxygen atoms in total. The van der Waals surface area contributed by atoms with Crippen molar-refractivity contribution in [2.45, 2.75) is 44.9 Å². The van der Waals surface area contributed by atoms with E-state index in [9.17, 15) is 8.42 Å². The van der Waals surface area contributed by atoms with Crippen molar-refractivity contribution in [1.82, 2.24) is 4.31 Å². The van der Waals surface area contributed by atoms with Gasteiger partial charge in [-0.15, -0.1) is 0 Å². The Bertz CT molecular complexity index is 596. The van der Waals surface area contributed by atoms with E-state index in [1.54, 1.807) is 10.4 Å². The van der Waals surface area contributed by atoms with Crippen LogP contribution in [0.1, 0.15) is 37.3 Å². The number of anilines is 1. The van der Waals surface area contributed by atoms with Crippen molar-refractivity contribution in [2.24, 2.45) is 5.92 Å². The zero-order chi connectivity index (χ0) is 14.9. The highest BCUT2D eigenvalue weighted by atomic mass is 32.2. The summed E-state index contributed by atoms with van der Waals surface area (Å²) in [5.74, 6) is 0.473. The second-order valence-electron chi connectivity index (χ2n) is 5.74. The van der Waals surface area contributed by atoms with E-state index in [1.807, 2.05) is 19.9 Å². The van der Waals surface area contributed by atoms with Crippen LogP contribution in [0.3, 0.4) is 0 Å². The van der Waals surface area contributed by atoms with Gasteiger partial charge < -0.3 is 5.73 Å². The molecule has 1 saturated heterocycles. The Hall–Kier alpha value is -1.07. The van der Waals surface area contributed by atoms with Crippen LogP contribution in [0.4, 0.5) is 5.69 Å². The SMILES string of the molecule is CCC1CCCN(S(=O)(=O)c2cc(N)cc(C)c2C)C1. The van der Waals surface area contributed by atoms with E-state index in [4.69, 9.17) is 5.73 Å². The van der Waals surface area contributed by atoms with Gasteiger partial charge in [0.2, 0.25) is 10.0 Å². The maximum Gasteiger partial charge on any atom is 0.243 e. The average molecular weight is 296 g/mol. The minimum absolute atomic E-state index is 0.367. The first kappa shape index (κ1) is 15.3. The lowest BCUT2D eigenvalue weighted by Crippen LogP contribution is -2.40. The summed E-state index contributed by atoms with van der Waals surface area (Å²) in [6, 6.07) is 3.41. The monoisotopic (exact) mass is 296 g/mol. The van der Waals surface area contributed by atoms with Crippen LogP contribution < -0.4 is 5.73 Å². The summed E-state index contributed by atoms with van der Waals surface area (Å²) in [4.78, 5) is 0.367. The largest absolute Gasteiger partial charge is 0.399 e. The van der Waals surface area contributed by atoms with Crippen molar-refractivity contribution in [3.8, 4) is 0 Å². The summed E-state index contributed by atoms with van der Waals surface area (Å²) in [6.45, 7) is 7.12. The summed E-state index contributed by atoms with van der Waals surface area (Å²) in [5.41, 5.74) is 8.06. The Morgan fingerprint density at radius 3 is 2.70 bits per heavy atom. The molecule has 0 aliphatic carbocycles. The van der Waals surface area contributed by atoms with Gasteiger partial charge in [-0.25, -0.2) is 8.42 Å². The Labute approximate surface area is 122 Å². The molecule has 0 aromatic heterocycles. The summed E-state index contributed by atoms with van der Waals surface area (Å²) >= 11 is 0. The molecule has 1 atom stereocenters. The van der Waals surface area contributed by atoms with E-state index in [2.05, 4.69) is 6.92 Å². The molecule has 1 unspecified atom stereocenters. The smallest absolute Gasteiger partial charge is 0.243 e. The lowest BCUT2D eigenvalue weighted by Gasteiger charge is -2.32. The third-order valence-electron chi connectivity index (χ3n) is 4.32. The molecular formula is C15H24N2O2S. The van der Waals surface area contributed by atoms with Crippen LogP contribution in [-0.4, -0.2) is 25.8 Å². The van der Waals surface area contributed by atoms with Gasteiger partial charge in [-0.1, -0.05) is 13.3 Å². The van der Waals surface area contributed by atoms with E-state index >= 15 is 0 Å². The molecule has 0 radical (unpaired) electrons. The molecule has 1 aromatic carbocycles. The van der Waals surface area contributed by atoms with Crippen LogP contribution in [0.15, 0.2) is 17.0 Å². The number of benzene rings is 1. The number of nitrogens with two attached hydrogens (primary N) is 1. The van der Waals surface area contributed by atoms with Crippen molar-refractivity contribution in [3.05, 3.63) is 23.3 Å². The molecule has 0 bridgehead atoms. The number of hydrogen-bond acceptors (Lipinski definition) is 3. The van der Waals surface area contributed by atoms with Crippen molar-refractivity contribution >= 4 is 15.7 Å². The zero-order valence-corrected chi connectivity index (χ0v) is 13.3. The first-order valence-electron chi connectivity index (χ1n) is 7.23. The maximum absolute atomic E-state index is 12.8. The van der Waals surface area contributed by atoms with Crippen LogP contribution in [-0.2, 0) is 10.0 Å². The van der Waals surface area contributed by atoms with Gasteiger partial charge in [0.25, 0.3) is 0 Å². The summed E-state index contributed by atoms with van der Waals surface area (Å²) < 4.78 is 27.3. The summed E-state index contributed by atoms with van der Waals surface area (Å²) in [5, 5.41) is 0. The molecule has 1 aliphatic heterocycles. The third kappa shape index (κ3) is 2.83. The fraction of sp³-hybridized carbons (Fsp3) is 0.600. The second kappa shape index (κ2) is 5.74. The fourth-order valence-corrected chi connectivity index (χ4v) is 4.73. The van der Waals surface area contributed by atoms with E-state index in [-0.39, 0.29) is 0 Å². The normalized spacial score (nSPS) is 21.1. The van der Waals surface area contributed by atoms with Gasteiger partial charge in [0, 0.05) is 18.8 Å². The lowest BCUT2D eigenvalue weighted by molar-refractivity contribution is 0.261. The fourth-order valence-electron chi connectivity index (χ4n) is 2.84. The number of aryl methyl sites for hydroxylation is 1. The third-order valence-corrected chi connectivity index (χ3v) is 6.31. The van der Waals surface area contributed by atoms with Crippen molar-refractivity contribution in [2.75, 3.05) is 18.8 Å². The highest BCUT2D eigenvalue weighted by molar-refractivity contribution is 7.89. The number of rotatable bonds is 3. The Morgan fingerprint density at radius 1 is 1.35 bits per heavy atom. The molecule has 0 saturated carbocycles. The summed E-state index contributed by atoms with van der Waals surface area (Å²) in [6.07, 6.45) is 3.09. The van der Waals surface area contributed by atoms with Gasteiger partial charge >= 0.3 is 0 Å². The lowest BCUT2D eigenvalue weighted by atomic mass is 9.97. The predicted octanol–water partition coefficient (Wildman–Crippen LogP) is 2.70. The second-order valence-corrected chi connectivity index (χ2v) is 7.65. The van der Waals surface area contributed by atoms with Gasteiger partial charge in [0.05, 0.1) is 4.90 Å². The molecule has 2 rings (SSSR count). The van der Waals surface area contributed by atoms with Gasteiger partial charge in [-0.3, -0.25) is 0 Å². The van der Waals surface area contributed by atoms with E-state index < -0.39 is 10.0 Å². The summed E-state index contributed by atoms with van der Waals surface area (Å²) in [7, 11) is -3.43. The highest BCUT2D eigenvalue weighted by Crippen LogP contribution is 2.29. The van der Waals surface area contributed by atoms with E-state index in [0.29, 0.717) is 29.6 Å². The Morgan fingerprint density at radius 2 is 2.05 bits per heavy atom. The van der Waals surface area contributed by atoms with Crippen LogP contribution in [0.5, 0.6) is 0 Å². The van der Waals surface area contributed by atoms with Crippen molar-refractivity contribution in [3.63, 3.8) is 0 Å². The zero-order valence-electron chi connectivity index (χ0n) is 12.5.